The molecule has 0 saturated heterocycles. The highest BCUT2D eigenvalue weighted by atomic mass is 32.2. The Kier molecular flexibility index (Phi) is 5.52. The van der Waals surface area contributed by atoms with Crippen LogP contribution in [0.15, 0.2) is 23.2 Å². The summed E-state index contributed by atoms with van der Waals surface area (Å²) in [7, 11) is 0. The number of anilines is 1. The topological polar surface area (TPSA) is 73.3 Å². The standard InChI is InChI=1S/C23H25N3O3S2/c1-12(2)21-25-22(20-15-6-4-13(3)8-18(15)31-23(20)26-21)30-10-19(27)24-14-5-7-16-17(9-14)29-11-28-16/h5,7,9,12-13H,4,6,8,10-11H2,1-3H3,(H,24,27)/t13-/m0/s1. The summed E-state index contributed by atoms with van der Waals surface area (Å²) < 4.78 is 10.7. The van der Waals surface area contributed by atoms with Gasteiger partial charge < -0.3 is 14.8 Å². The Hall–Kier alpha value is -2.32. The number of aryl methyl sites for hydroxylation is 1. The summed E-state index contributed by atoms with van der Waals surface area (Å²) in [5.74, 6) is 3.37. The second kappa shape index (κ2) is 8.31. The predicted octanol–water partition coefficient (Wildman–Crippen LogP) is 5.40. The van der Waals surface area contributed by atoms with Gasteiger partial charge in [0, 0.05) is 27.9 Å². The average molecular weight is 456 g/mol. The maximum absolute atomic E-state index is 12.7. The van der Waals surface area contributed by atoms with Crippen LogP contribution in [0.2, 0.25) is 0 Å². The third kappa shape index (κ3) is 4.11. The first kappa shape index (κ1) is 20.6. The van der Waals surface area contributed by atoms with Crippen LogP contribution in [0.3, 0.4) is 0 Å². The smallest absolute Gasteiger partial charge is 0.234 e. The molecule has 1 aliphatic heterocycles. The van der Waals surface area contributed by atoms with E-state index in [0.717, 1.165) is 33.9 Å². The number of fused-ring (bicyclic) bond motifs is 4. The van der Waals surface area contributed by atoms with E-state index < -0.39 is 0 Å². The van der Waals surface area contributed by atoms with E-state index in [1.807, 2.05) is 12.1 Å². The van der Waals surface area contributed by atoms with E-state index in [2.05, 4.69) is 26.1 Å². The molecule has 5 rings (SSSR count). The summed E-state index contributed by atoms with van der Waals surface area (Å²) in [6.45, 7) is 6.75. The van der Waals surface area contributed by atoms with E-state index >= 15 is 0 Å². The molecule has 0 radical (unpaired) electrons. The molecular formula is C23H25N3O3S2. The summed E-state index contributed by atoms with van der Waals surface area (Å²) in [6, 6.07) is 5.43. The Morgan fingerprint density at radius 3 is 2.97 bits per heavy atom. The largest absolute Gasteiger partial charge is 0.454 e. The fourth-order valence-corrected chi connectivity index (χ4v) is 6.31. The molecule has 0 fully saturated rings. The van der Waals surface area contributed by atoms with Crippen LogP contribution in [-0.2, 0) is 17.6 Å². The second-order valence-corrected chi connectivity index (χ2v) is 10.5. The van der Waals surface area contributed by atoms with Crippen LogP contribution in [0.4, 0.5) is 5.69 Å². The number of thiophene rings is 1. The molecule has 1 atom stereocenters. The van der Waals surface area contributed by atoms with Crippen molar-refractivity contribution in [1.29, 1.82) is 0 Å². The molecule has 6 nitrogen and oxygen atoms in total. The molecule has 2 aromatic heterocycles. The minimum absolute atomic E-state index is 0.0700. The molecule has 8 heteroatoms. The Bertz CT molecular complexity index is 1160. The summed E-state index contributed by atoms with van der Waals surface area (Å²) >= 11 is 3.31. The molecule has 1 aromatic carbocycles. The van der Waals surface area contributed by atoms with Gasteiger partial charge in [-0.05, 0) is 42.9 Å². The van der Waals surface area contributed by atoms with Crippen LogP contribution in [-0.4, -0.2) is 28.4 Å². The summed E-state index contributed by atoms with van der Waals surface area (Å²) in [5.41, 5.74) is 2.10. The predicted molar refractivity (Wildman–Crippen MR) is 125 cm³/mol. The van der Waals surface area contributed by atoms with Gasteiger partial charge in [-0.2, -0.15) is 0 Å². The first-order valence-corrected chi connectivity index (χ1v) is 12.4. The van der Waals surface area contributed by atoms with E-state index in [1.54, 1.807) is 17.4 Å². The highest BCUT2D eigenvalue weighted by Gasteiger charge is 2.25. The van der Waals surface area contributed by atoms with Crippen LogP contribution in [0.1, 0.15) is 49.4 Å². The number of carbonyl (C=O) groups excluding carboxylic acids is 1. The van der Waals surface area contributed by atoms with Crippen molar-refractivity contribution in [1.82, 2.24) is 9.97 Å². The number of carbonyl (C=O) groups is 1. The first-order valence-electron chi connectivity index (χ1n) is 10.6. The van der Waals surface area contributed by atoms with Gasteiger partial charge in [0.1, 0.15) is 15.7 Å². The normalized spacial score (nSPS) is 17.2. The number of nitrogens with one attached hydrogen (secondary N) is 1. The maximum atomic E-state index is 12.7. The van der Waals surface area contributed by atoms with Crippen LogP contribution < -0.4 is 14.8 Å². The number of aromatic nitrogens is 2. The monoisotopic (exact) mass is 455 g/mol. The van der Waals surface area contributed by atoms with Crippen molar-refractivity contribution in [2.75, 3.05) is 17.9 Å². The van der Waals surface area contributed by atoms with Crippen LogP contribution in [0.5, 0.6) is 11.5 Å². The summed E-state index contributed by atoms with van der Waals surface area (Å²) in [6.07, 6.45) is 3.37. The van der Waals surface area contributed by atoms with Gasteiger partial charge in [0.2, 0.25) is 12.7 Å². The second-order valence-electron chi connectivity index (χ2n) is 8.48. The zero-order valence-electron chi connectivity index (χ0n) is 17.9. The third-order valence-electron chi connectivity index (χ3n) is 5.65. The number of thioether (sulfide) groups is 1. The SMILES string of the molecule is CC(C)c1nc(SCC(=O)Nc2ccc3c(c2)OCO3)c2c3c(sc2n1)C[C@@H](C)CC3. The van der Waals surface area contributed by atoms with Crippen LogP contribution in [0, 0.1) is 5.92 Å². The fourth-order valence-electron chi connectivity index (χ4n) is 3.99. The highest BCUT2D eigenvalue weighted by Crippen LogP contribution is 2.41. The maximum Gasteiger partial charge on any atom is 0.234 e. The molecule has 0 bridgehead atoms. The van der Waals surface area contributed by atoms with Gasteiger partial charge in [-0.3, -0.25) is 4.79 Å². The number of nitrogens with zero attached hydrogens (tertiary/aromatic N) is 2. The van der Waals surface area contributed by atoms with E-state index in [4.69, 9.17) is 19.4 Å². The van der Waals surface area contributed by atoms with Crippen molar-refractivity contribution >= 4 is 44.9 Å². The minimum atomic E-state index is -0.0700. The number of amides is 1. The first-order chi connectivity index (χ1) is 15.0. The minimum Gasteiger partial charge on any atom is -0.454 e. The van der Waals surface area contributed by atoms with Crippen LogP contribution >= 0.6 is 23.1 Å². The van der Waals surface area contributed by atoms with E-state index in [1.165, 1.54) is 28.6 Å². The molecule has 2 aliphatic rings. The van der Waals surface area contributed by atoms with E-state index in [9.17, 15) is 4.79 Å². The lowest BCUT2D eigenvalue weighted by molar-refractivity contribution is -0.113. The number of hydrogen-bond acceptors (Lipinski definition) is 7. The van der Waals surface area contributed by atoms with Crippen molar-refractivity contribution in [3.8, 4) is 11.5 Å². The number of ether oxygens (including phenoxy) is 2. The summed E-state index contributed by atoms with van der Waals surface area (Å²) in [4.78, 5) is 24.9. The van der Waals surface area contributed by atoms with Crippen molar-refractivity contribution in [3.05, 3.63) is 34.5 Å². The Morgan fingerprint density at radius 2 is 2.13 bits per heavy atom. The molecule has 0 spiro atoms. The lowest BCUT2D eigenvalue weighted by Crippen LogP contribution is -2.14. The molecular weight excluding hydrogens is 430 g/mol. The number of rotatable bonds is 5. The average Bonchev–Trinajstić information content (AvgIpc) is 3.34. The Labute approximate surface area is 189 Å². The molecule has 1 aliphatic carbocycles. The fraction of sp³-hybridized carbons (Fsp3) is 0.435. The molecule has 3 heterocycles. The Morgan fingerprint density at radius 1 is 1.29 bits per heavy atom. The van der Waals surface area contributed by atoms with Gasteiger partial charge in [0.05, 0.1) is 5.75 Å². The van der Waals surface area contributed by atoms with Crippen molar-refractivity contribution in [2.24, 2.45) is 5.92 Å². The molecule has 162 valence electrons. The van der Waals surface area contributed by atoms with Crippen molar-refractivity contribution in [3.63, 3.8) is 0 Å². The molecule has 0 saturated carbocycles. The van der Waals surface area contributed by atoms with Gasteiger partial charge in [0.25, 0.3) is 0 Å². The van der Waals surface area contributed by atoms with Crippen molar-refractivity contribution in [2.45, 2.75) is 51.0 Å². The zero-order valence-corrected chi connectivity index (χ0v) is 19.5. The third-order valence-corrected chi connectivity index (χ3v) is 7.78. The lowest BCUT2D eigenvalue weighted by Gasteiger charge is -2.18. The zero-order chi connectivity index (χ0) is 21.5. The molecule has 1 amide bonds. The summed E-state index contributed by atoms with van der Waals surface area (Å²) in [5, 5.41) is 5.05. The van der Waals surface area contributed by atoms with Gasteiger partial charge in [-0.15, -0.1) is 11.3 Å². The molecule has 0 unspecified atom stereocenters. The Balaban J connectivity index is 1.38. The number of benzene rings is 1. The van der Waals surface area contributed by atoms with Gasteiger partial charge in [0.15, 0.2) is 11.5 Å². The van der Waals surface area contributed by atoms with E-state index in [0.29, 0.717) is 28.9 Å². The molecule has 3 aromatic rings. The van der Waals surface area contributed by atoms with Gasteiger partial charge in [-0.25, -0.2) is 9.97 Å². The number of hydrogen-bond donors (Lipinski definition) is 1. The van der Waals surface area contributed by atoms with Gasteiger partial charge >= 0.3 is 0 Å². The van der Waals surface area contributed by atoms with E-state index in [-0.39, 0.29) is 18.6 Å². The molecule has 31 heavy (non-hydrogen) atoms. The highest BCUT2D eigenvalue weighted by molar-refractivity contribution is 8.00. The lowest BCUT2D eigenvalue weighted by atomic mass is 9.89. The molecule has 1 N–H and O–H groups in total. The van der Waals surface area contributed by atoms with Crippen molar-refractivity contribution < 1.29 is 14.3 Å². The quantitative estimate of drug-likeness (QED) is 0.410. The van der Waals surface area contributed by atoms with Gasteiger partial charge in [-0.1, -0.05) is 32.5 Å². The van der Waals surface area contributed by atoms with Crippen LogP contribution in [0.25, 0.3) is 10.2 Å².